The largest absolute Gasteiger partial charge is 0.343 e. The average molecular weight is 277 g/mol. The molecular weight excluding hydrogens is 258 g/mol. The van der Waals surface area contributed by atoms with Crippen molar-refractivity contribution < 1.29 is 4.79 Å². The standard InChI is InChI=1S/C14H19N3OS/c1-5-17-7-6-12(16-17)10(3)15-14(18)13-8-9(2)11(4)19-13/h6-8,10H,5H2,1-4H3,(H,15,18). The van der Waals surface area contributed by atoms with E-state index in [1.54, 1.807) is 0 Å². The van der Waals surface area contributed by atoms with Crippen molar-refractivity contribution in [2.75, 3.05) is 0 Å². The first-order chi connectivity index (χ1) is 9.01. The van der Waals surface area contributed by atoms with E-state index < -0.39 is 0 Å². The molecule has 1 N–H and O–H groups in total. The summed E-state index contributed by atoms with van der Waals surface area (Å²) >= 11 is 1.53. The van der Waals surface area contributed by atoms with E-state index in [-0.39, 0.29) is 11.9 Å². The topological polar surface area (TPSA) is 46.9 Å². The van der Waals surface area contributed by atoms with Crippen LogP contribution in [-0.4, -0.2) is 15.7 Å². The number of carbonyl (C=O) groups is 1. The number of carbonyl (C=O) groups excluding carboxylic acids is 1. The van der Waals surface area contributed by atoms with Crippen molar-refractivity contribution in [1.82, 2.24) is 15.1 Å². The van der Waals surface area contributed by atoms with Crippen molar-refractivity contribution in [2.24, 2.45) is 0 Å². The highest BCUT2D eigenvalue weighted by molar-refractivity contribution is 7.14. The molecule has 1 amide bonds. The number of hydrogen-bond donors (Lipinski definition) is 1. The first kappa shape index (κ1) is 13.8. The van der Waals surface area contributed by atoms with E-state index in [9.17, 15) is 4.79 Å². The van der Waals surface area contributed by atoms with Gasteiger partial charge in [-0.1, -0.05) is 0 Å². The Morgan fingerprint density at radius 3 is 2.79 bits per heavy atom. The highest BCUT2D eigenvalue weighted by Crippen LogP contribution is 2.21. The van der Waals surface area contributed by atoms with E-state index >= 15 is 0 Å². The molecule has 2 rings (SSSR count). The number of thiophene rings is 1. The molecule has 2 heterocycles. The summed E-state index contributed by atoms with van der Waals surface area (Å²) in [6.45, 7) is 8.88. The molecule has 1 atom stereocenters. The van der Waals surface area contributed by atoms with Gasteiger partial charge in [-0.15, -0.1) is 11.3 Å². The molecule has 5 heteroatoms. The van der Waals surface area contributed by atoms with Crippen molar-refractivity contribution in [3.63, 3.8) is 0 Å². The van der Waals surface area contributed by atoms with E-state index in [4.69, 9.17) is 0 Å². The number of amides is 1. The van der Waals surface area contributed by atoms with E-state index in [0.717, 1.165) is 22.7 Å². The third-order valence-corrected chi connectivity index (χ3v) is 4.32. The predicted molar refractivity (Wildman–Crippen MR) is 77.6 cm³/mol. The highest BCUT2D eigenvalue weighted by atomic mass is 32.1. The minimum absolute atomic E-state index is 0.0280. The van der Waals surface area contributed by atoms with Crippen LogP contribution < -0.4 is 5.32 Å². The SMILES string of the molecule is CCn1ccc(C(C)NC(=O)c2cc(C)c(C)s2)n1. The molecule has 102 valence electrons. The van der Waals surface area contributed by atoms with E-state index in [1.807, 2.05) is 50.7 Å². The minimum atomic E-state index is -0.0805. The lowest BCUT2D eigenvalue weighted by atomic mass is 10.2. The Hall–Kier alpha value is -1.62. The number of aryl methyl sites for hydroxylation is 3. The molecule has 2 aromatic rings. The molecule has 0 aliphatic rings. The summed E-state index contributed by atoms with van der Waals surface area (Å²) in [6, 6.07) is 3.80. The van der Waals surface area contributed by atoms with Gasteiger partial charge in [0.1, 0.15) is 0 Å². The fourth-order valence-electron chi connectivity index (χ4n) is 1.81. The summed E-state index contributed by atoms with van der Waals surface area (Å²) in [4.78, 5) is 14.1. The summed E-state index contributed by atoms with van der Waals surface area (Å²) in [7, 11) is 0. The molecule has 19 heavy (non-hydrogen) atoms. The highest BCUT2D eigenvalue weighted by Gasteiger charge is 2.15. The fourth-order valence-corrected chi connectivity index (χ4v) is 2.75. The third kappa shape index (κ3) is 3.04. The normalized spacial score (nSPS) is 12.4. The van der Waals surface area contributed by atoms with Crippen molar-refractivity contribution in [3.8, 4) is 0 Å². The van der Waals surface area contributed by atoms with E-state index in [0.29, 0.717) is 0 Å². The second-order valence-electron chi connectivity index (χ2n) is 4.64. The van der Waals surface area contributed by atoms with Gasteiger partial charge >= 0.3 is 0 Å². The van der Waals surface area contributed by atoms with Crippen molar-refractivity contribution >= 4 is 17.2 Å². The van der Waals surface area contributed by atoms with Gasteiger partial charge in [0.05, 0.1) is 16.6 Å². The number of rotatable bonds is 4. The van der Waals surface area contributed by atoms with Crippen LogP contribution in [0.2, 0.25) is 0 Å². The lowest BCUT2D eigenvalue weighted by molar-refractivity contribution is 0.0943. The molecule has 0 aliphatic heterocycles. The zero-order chi connectivity index (χ0) is 14.0. The van der Waals surface area contributed by atoms with Gasteiger partial charge in [0, 0.05) is 17.6 Å². The Morgan fingerprint density at radius 1 is 1.53 bits per heavy atom. The molecule has 0 bridgehead atoms. The molecule has 0 aliphatic carbocycles. The minimum Gasteiger partial charge on any atom is -0.343 e. The maximum absolute atomic E-state index is 12.1. The molecule has 1 unspecified atom stereocenters. The summed E-state index contributed by atoms with van der Waals surface area (Å²) in [5, 5.41) is 7.39. The van der Waals surface area contributed by atoms with Crippen LogP contribution in [0.1, 0.15) is 45.7 Å². The fraction of sp³-hybridized carbons (Fsp3) is 0.429. The van der Waals surface area contributed by atoms with Gasteiger partial charge in [-0.2, -0.15) is 5.10 Å². The second-order valence-corrected chi connectivity index (χ2v) is 5.90. The van der Waals surface area contributed by atoms with Gasteiger partial charge in [0.2, 0.25) is 0 Å². The van der Waals surface area contributed by atoms with Gasteiger partial charge in [0.25, 0.3) is 5.91 Å². The zero-order valence-corrected chi connectivity index (χ0v) is 12.5. The summed E-state index contributed by atoms with van der Waals surface area (Å²) < 4.78 is 1.86. The lowest BCUT2D eigenvalue weighted by Gasteiger charge is -2.10. The van der Waals surface area contributed by atoms with Gasteiger partial charge in [-0.05, 0) is 45.4 Å². The molecule has 0 aromatic carbocycles. The molecule has 0 spiro atoms. The molecule has 0 radical (unpaired) electrons. The Kier molecular flexibility index (Phi) is 4.04. The Labute approximate surface area is 117 Å². The summed E-state index contributed by atoms with van der Waals surface area (Å²) in [5.74, 6) is -0.0280. The van der Waals surface area contributed by atoms with E-state index in [2.05, 4.69) is 10.4 Å². The second kappa shape index (κ2) is 5.57. The van der Waals surface area contributed by atoms with Crippen LogP contribution in [-0.2, 0) is 6.54 Å². The van der Waals surface area contributed by atoms with Crippen LogP contribution >= 0.6 is 11.3 Å². The van der Waals surface area contributed by atoms with Gasteiger partial charge in [-0.3, -0.25) is 9.48 Å². The summed E-state index contributed by atoms with van der Waals surface area (Å²) in [5.41, 5.74) is 2.05. The molecule has 0 fully saturated rings. The molecule has 0 saturated carbocycles. The number of nitrogens with zero attached hydrogens (tertiary/aromatic N) is 2. The first-order valence-electron chi connectivity index (χ1n) is 6.42. The van der Waals surface area contributed by atoms with Crippen LogP contribution in [0.15, 0.2) is 18.3 Å². The number of hydrogen-bond acceptors (Lipinski definition) is 3. The maximum atomic E-state index is 12.1. The molecule has 2 aromatic heterocycles. The third-order valence-electron chi connectivity index (χ3n) is 3.17. The van der Waals surface area contributed by atoms with Crippen molar-refractivity contribution in [2.45, 2.75) is 40.3 Å². The smallest absolute Gasteiger partial charge is 0.261 e. The first-order valence-corrected chi connectivity index (χ1v) is 7.24. The quantitative estimate of drug-likeness (QED) is 0.933. The molecular formula is C14H19N3OS. The zero-order valence-electron chi connectivity index (χ0n) is 11.7. The Balaban J connectivity index is 2.06. The Morgan fingerprint density at radius 2 is 2.26 bits per heavy atom. The van der Waals surface area contributed by atoms with Crippen molar-refractivity contribution in [1.29, 1.82) is 0 Å². The van der Waals surface area contributed by atoms with Gasteiger partial charge in [0.15, 0.2) is 0 Å². The Bertz CT molecular complexity index is 566. The predicted octanol–water partition coefficient (Wildman–Crippen LogP) is 3.07. The van der Waals surface area contributed by atoms with Crippen LogP contribution in [0.25, 0.3) is 0 Å². The molecule has 0 saturated heterocycles. The van der Waals surface area contributed by atoms with E-state index in [1.165, 1.54) is 16.2 Å². The van der Waals surface area contributed by atoms with Gasteiger partial charge in [-0.25, -0.2) is 0 Å². The van der Waals surface area contributed by atoms with Crippen LogP contribution in [0, 0.1) is 13.8 Å². The van der Waals surface area contributed by atoms with Gasteiger partial charge < -0.3 is 5.32 Å². The monoisotopic (exact) mass is 277 g/mol. The maximum Gasteiger partial charge on any atom is 0.261 e. The van der Waals surface area contributed by atoms with Crippen molar-refractivity contribution in [3.05, 3.63) is 39.3 Å². The molecule has 4 nitrogen and oxygen atoms in total. The average Bonchev–Trinajstić information content (AvgIpc) is 2.97. The van der Waals surface area contributed by atoms with Crippen LogP contribution in [0.5, 0.6) is 0 Å². The number of nitrogens with one attached hydrogen (secondary N) is 1. The summed E-state index contributed by atoms with van der Waals surface area (Å²) in [6.07, 6.45) is 1.93. The number of aromatic nitrogens is 2. The lowest BCUT2D eigenvalue weighted by Crippen LogP contribution is -2.26. The van der Waals surface area contributed by atoms with Crippen LogP contribution in [0.4, 0.5) is 0 Å². The van der Waals surface area contributed by atoms with Crippen LogP contribution in [0.3, 0.4) is 0 Å².